The fourth-order valence-corrected chi connectivity index (χ4v) is 2.36. The van der Waals surface area contributed by atoms with E-state index in [1.807, 2.05) is 0 Å². The van der Waals surface area contributed by atoms with E-state index >= 15 is 0 Å². The summed E-state index contributed by atoms with van der Waals surface area (Å²) in [5, 5.41) is 19.9. The quantitative estimate of drug-likeness (QED) is 0.850. The Kier molecular flexibility index (Phi) is 3.35. The molecule has 0 atom stereocenters. The number of nitrogens with zero attached hydrogens (tertiary/aromatic N) is 1. The van der Waals surface area contributed by atoms with Gasteiger partial charge in [0, 0.05) is 6.20 Å². The van der Waals surface area contributed by atoms with Crippen molar-refractivity contribution in [1.82, 2.24) is 4.98 Å². The summed E-state index contributed by atoms with van der Waals surface area (Å²) < 4.78 is 0. The van der Waals surface area contributed by atoms with Crippen LogP contribution in [0.1, 0.15) is 31.4 Å². The molecule has 0 bridgehead atoms. The van der Waals surface area contributed by atoms with E-state index in [2.05, 4.69) is 4.98 Å². The third kappa shape index (κ3) is 2.58. The minimum absolute atomic E-state index is 0.345. The van der Waals surface area contributed by atoms with Crippen LogP contribution in [0.2, 0.25) is 5.02 Å². The number of carboxylic acid groups (broad SMARTS) is 1. The summed E-state index contributed by atoms with van der Waals surface area (Å²) in [4.78, 5) is 14.9. The summed E-state index contributed by atoms with van der Waals surface area (Å²) in [6.07, 6.45) is 3.32. The Hall–Kier alpha value is -1.13. The van der Waals surface area contributed by atoms with Gasteiger partial charge < -0.3 is 10.2 Å². The van der Waals surface area contributed by atoms with Crippen LogP contribution in [0.3, 0.4) is 0 Å². The van der Waals surface area contributed by atoms with Crippen molar-refractivity contribution in [3.63, 3.8) is 0 Å². The van der Waals surface area contributed by atoms with E-state index in [4.69, 9.17) is 16.7 Å². The van der Waals surface area contributed by atoms with Gasteiger partial charge in [0.05, 0.1) is 16.6 Å². The molecule has 2 rings (SSSR count). The van der Waals surface area contributed by atoms with Crippen LogP contribution in [-0.4, -0.2) is 21.2 Å². The molecule has 4 nitrogen and oxygen atoms in total. The third-order valence-electron chi connectivity index (χ3n) is 3.37. The number of rotatable bonds is 2. The monoisotopic (exact) mass is 255 g/mol. The molecule has 1 aliphatic carbocycles. The molecule has 1 fully saturated rings. The van der Waals surface area contributed by atoms with E-state index in [9.17, 15) is 9.90 Å². The van der Waals surface area contributed by atoms with Gasteiger partial charge in [-0.05, 0) is 37.8 Å². The SMILES string of the molecule is O=C(O)C1CCC(O)(c2ccc(Cl)cn2)CC1. The number of aliphatic carboxylic acids is 1. The van der Waals surface area contributed by atoms with Gasteiger partial charge in [-0.2, -0.15) is 0 Å². The van der Waals surface area contributed by atoms with Gasteiger partial charge in [-0.25, -0.2) is 0 Å². The third-order valence-corrected chi connectivity index (χ3v) is 3.59. The number of aromatic nitrogens is 1. The molecule has 1 aliphatic rings. The Morgan fingerprint density at radius 2 is 2.06 bits per heavy atom. The number of pyridine rings is 1. The lowest BCUT2D eigenvalue weighted by Gasteiger charge is -2.34. The van der Waals surface area contributed by atoms with E-state index in [1.165, 1.54) is 6.20 Å². The first-order chi connectivity index (χ1) is 8.01. The number of halogens is 1. The van der Waals surface area contributed by atoms with Gasteiger partial charge in [0.1, 0.15) is 5.60 Å². The van der Waals surface area contributed by atoms with Gasteiger partial charge in [-0.15, -0.1) is 0 Å². The van der Waals surface area contributed by atoms with Crippen molar-refractivity contribution in [1.29, 1.82) is 0 Å². The number of aliphatic hydroxyl groups is 1. The summed E-state index contributed by atoms with van der Waals surface area (Å²) >= 11 is 5.74. The van der Waals surface area contributed by atoms with Crippen molar-refractivity contribution in [3.8, 4) is 0 Å². The molecule has 17 heavy (non-hydrogen) atoms. The van der Waals surface area contributed by atoms with Crippen LogP contribution < -0.4 is 0 Å². The van der Waals surface area contributed by atoms with E-state index in [0.717, 1.165) is 0 Å². The van der Waals surface area contributed by atoms with Gasteiger partial charge in [0.15, 0.2) is 0 Å². The first kappa shape index (κ1) is 12.3. The largest absolute Gasteiger partial charge is 0.481 e. The molecule has 0 unspecified atom stereocenters. The summed E-state index contributed by atoms with van der Waals surface area (Å²) in [6, 6.07) is 3.38. The maximum Gasteiger partial charge on any atom is 0.306 e. The molecule has 0 radical (unpaired) electrons. The Labute approximate surface area is 104 Å². The lowest BCUT2D eigenvalue weighted by atomic mass is 9.77. The Balaban J connectivity index is 2.11. The highest BCUT2D eigenvalue weighted by Gasteiger charge is 2.37. The van der Waals surface area contributed by atoms with Gasteiger partial charge in [-0.1, -0.05) is 11.6 Å². The second-order valence-electron chi connectivity index (χ2n) is 4.51. The topological polar surface area (TPSA) is 70.4 Å². The van der Waals surface area contributed by atoms with E-state index in [0.29, 0.717) is 36.4 Å². The summed E-state index contributed by atoms with van der Waals surface area (Å²) in [5.41, 5.74) is -0.429. The molecular formula is C12H14ClNO3. The van der Waals surface area contributed by atoms with Crippen molar-refractivity contribution in [3.05, 3.63) is 29.0 Å². The van der Waals surface area contributed by atoms with Crippen LogP contribution >= 0.6 is 11.6 Å². The maximum atomic E-state index is 10.8. The van der Waals surface area contributed by atoms with Crippen molar-refractivity contribution < 1.29 is 15.0 Å². The van der Waals surface area contributed by atoms with Crippen LogP contribution in [-0.2, 0) is 10.4 Å². The second-order valence-corrected chi connectivity index (χ2v) is 4.94. The highest BCUT2D eigenvalue weighted by molar-refractivity contribution is 6.30. The summed E-state index contributed by atoms with van der Waals surface area (Å²) in [5.74, 6) is -1.13. The molecule has 1 aromatic rings. The molecule has 0 amide bonds. The number of carbonyl (C=O) groups is 1. The zero-order chi connectivity index (χ0) is 12.5. The molecule has 5 heteroatoms. The average molecular weight is 256 g/mol. The lowest BCUT2D eigenvalue weighted by Crippen LogP contribution is -2.34. The first-order valence-corrected chi connectivity index (χ1v) is 5.96. The van der Waals surface area contributed by atoms with Crippen LogP contribution in [0, 0.1) is 5.92 Å². The Morgan fingerprint density at radius 3 is 2.53 bits per heavy atom. The molecule has 1 saturated carbocycles. The summed E-state index contributed by atoms with van der Waals surface area (Å²) in [6.45, 7) is 0. The lowest BCUT2D eigenvalue weighted by molar-refractivity contribution is -0.145. The van der Waals surface area contributed by atoms with E-state index in [1.54, 1.807) is 12.1 Å². The van der Waals surface area contributed by atoms with Crippen LogP contribution in [0.5, 0.6) is 0 Å². The second kappa shape index (κ2) is 4.63. The fraction of sp³-hybridized carbons (Fsp3) is 0.500. The molecule has 1 aromatic heterocycles. The van der Waals surface area contributed by atoms with Crippen LogP contribution in [0.15, 0.2) is 18.3 Å². The molecule has 1 heterocycles. The number of carboxylic acids is 1. The normalized spacial score (nSPS) is 28.9. The Morgan fingerprint density at radius 1 is 1.41 bits per heavy atom. The molecule has 0 aromatic carbocycles. The standard InChI is InChI=1S/C12H14ClNO3/c13-9-1-2-10(14-7-9)12(17)5-3-8(4-6-12)11(15)16/h1-2,7-8,17H,3-6H2,(H,15,16). The highest BCUT2D eigenvalue weighted by atomic mass is 35.5. The predicted octanol–water partition coefficient (Wildman–Crippen LogP) is 2.20. The van der Waals surface area contributed by atoms with Crippen molar-refractivity contribution in [2.24, 2.45) is 5.92 Å². The molecule has 2 N–H and O–H groups in total. The van der Waals surface area contributed by atoms with Crippen LogP contribution in [0.4, 0.5) is 0 Å². The van der Waals surface area contributed by atoms with Gasteiger partial charge in [0.2, 0.25) is 0 Å². The zero-order valence-corrected chi connectivity index (χ0v) is 10.0. The number of hydrogen-bond acceptors (Lipinski definition) is 3. The van der Waals surface area contributed by atoms with E-state index in [-0.39, 0.29) is 5.92 Å². The molecule has 0 spiro atoms. The first-order valence-electron chi connectivity index (χ1n) is 5.58. The van der Waals surface area contributed by atoms with Gasteiger partial charge in [-0.3, -0.25) is 9.78 Å². The Bertz CT molecular complexity index is 410. The highest BCUT2D eigenvalue weighted by Crippen LogP contribution is 2.38. The molecule has 0 aliphatic heterocycles. The van der Waals surface area contributed by atoms with Gasteiger partial charge in [0.25, 0.3) is 0 Å². The van der Waals surface area contributed by atoms with Crippen molar-refractivity contribution in [2.45, 2.75) is 31.3 Å². The number of hydrogen-bond donors (Lipinski definition) is 2. The van der Waals surface area contributed by atoms with Crippen molar-refractivity contribution in [2.75, 3.05) is 0 Å². The van der Waals surface area contributed by atoms with Crippen LogP contribution in [0.25, 0.3) is 0 Å². The zero-order valence-electron chi connectivity index (χ0n) is 9.27. The minimum Gasteiger partial charge on any atom is -0.481 e. The smallest absolute Gasteiger partial charge is 0.306 e. The summed E-state index contributed by atoms with van der Waals surface area (Å²) in [7, 11) is 0. The maximum absolute atomic E-state index is 10.8. The average Bonchev–Trinajstić information content (AvgIpc) is 2.30. The van der Waals surface area contributed by atoms with Gasteiger partial charge >= 0.3 is 5.97 Å². The predicted molar refractivity (Wildman–Crippen MR) is 62.7 cm³/mol. The minimum atomic E-state index is -1.00. The fourth-order valence-electron chi connectivity index (χ4n) is 2.25. The molecule has 0 saturated heterocycles. The molecule has 92 valence electrons. The van der Waals surface area contributed by atoms with E-state index < -0.39 is 11.6 Å². The van der Waals surface area contributed by atoms with Crippen molar-refractivity contribution >= 4 is 17.6 Å². The molecular weight excluding hydrogens is 242 g/mol.